The lowest BCUT2D eigenvalue weighted by Gasteiger charge is -2.35. The lowest BCUT2D eigenvalue weighted by molar-refractivity contribution is -0.124. The highest BCUT2D eigenvalue weighted by Gasteiger charge is 2.80. The number of likely N-dealkylation sites (N-methyl/N-ethyl adjacent to an activating group) is 1. The van der Waals surface area contributed by atoms with Crippen LogP contribution in [0, 0.1) is 0 Å². The van der Waals surface area contributed by atoms with Crippen molar-refractivity contribution < 1.29 is 23.5 Å². The van der Waals surface area contributed by atoms with Crippen molar-refractivity contribution in [2.45, 2.75) is 17.9 Å². The van der Waals surface area contributed by atoms with Crippen molar-refractivity contribution in [2.75, 3.05) is 11.4 Å². The minimum absolute atomic E-state index is 0.0347. The highest BCUT2D eigenvalue weighted by atomic mass is 16.5. The van der Waals surface area contributed by atoms with E-state index >= 15 is 0 Å². The van der Waals surface area contributed by atoms with Gasteiger partial charge in [0.2, 0.25) is 17.5 Å². The van der Waals surface area contributed by atoms with Gasteiger partial charge in [0.1, 0.15) is 16.9 Å². The van der Waals surface area contributed by atoms with Crippen LogP contribution in [-0.4, -0.2) is 29.6 Å². The van der Waals surface area contributed by atoms with E-state index in [1.165, 1.54) is 4.90 Å². The number of nitrogens with zero attached hydrogens (tertiary/aromatic N) is 1. The molecule has 0 unspecified atom stereocenters. The van der Waals surface area contributed by atoms with Crippen molar-refractivity contribution in [3.8, 4) is 5.75 Å². The van der Waals surface area contributed by atoms with Gasteiger partial charge >= 0.3 is 5.63 Å². The minimum atomic E-state index is -2.30. The molecule has 4 aromatic rings. The first-order chi connectivity index (χ1) is 17.0. The van der Waals surface area contributed by atoms with Crippen LogP contribution in [0.1, 0.15) is 38.8 Å². The van der Waals surface area contributed by atoms with Crippen LogP contribution in [0.3, 0.4) is 0 Å². The van der Waals surface area contributed by atoms with Gasteiger partial charge in [-0.2, -0.15) is 0 Å². The number of benzene rings is 3. The molecule has 7 nitrogen and oxygen atoms in total. The molecule has 2 aliphatic heterocycles. The van der Waals surface area contributed by atoms with Crippen molar-refractivity contribution in [1.82, 2.24) is 0 Å². The van der Waals surface area contributed by atoms with Crippen LogP contribution in [0.15, 0.2) is 82.0 Å². The predicted molar refractivity (Wildman–Crippen MR) is 126 cm³/mol. The van der Waals surface area contributed by atoms with E-state index < -0.39 is 34.1 Å². The van der Waals surface area contributed by atoms with Crippen LogP contribution in [0.5, 0.6) is 5.75 Å². The first-order valence-corrected chi connectivity index (χ1v) is 11.3. The lowest BCUT2D eigenvalue weighted by Crippen LogP contribution is -2.64. The van der Waals surface area contributed by atoms with Crippen molar-refractivity contribution in [3.63, 3.8) is 0 Å². The zero-order valence-corrected chi connectivity index (χ0v) is 18.5. The summed E-state index contributed by atoms with van der Waals surface area (Å²) in [5, 5.41) is 0.412. The van der Waals surface area contributed by atoms with E-state index in [1.807, 2.05) is 0 Å². The van der Waals surface area contributed by atoms with Crippen LogP contribution in [0.25, 0.3) is 11.0 Å². The number of fused-ring (bicyclic) bond motifs is 8. The van der Waals surface area contributed by atoms with Crippen molar-refractivity contribution in [1.29, 1.82) is 0 Å². The Bertz CT molecular complexity index is 1680. The molecular formula is C28H17NO6. The molecule has 3 heterocycles. The van der Waals surface area contributed by atoms with E-state index in [9.17, 15) is 19.2 Å². The highest BCUT2D eigenvalue weighted by Crippen LogP contribution is 2.62. The fourth-order valence-corrected chi connectivity index (χ4v) is 6.10. The molecule has 0 fully saturated rings. The van der Waals surface area contributed by atoms with Crippen LogP contribution in [0.4, 0.5) is 5.69 Å². The van der Waals surface area contributed by atoms with Crippen molar-refractivity contribution in [3.05, 3.63) is 105 Å². The third-order valence-corrected chi connectivity index (χ3v) is 7.46. The second-order valence-corrected chi connectivity index (χ2v) is 8.89. The molecule has 0 radical (unpaired) electrons. The highest BCUT2D eigenvalue weighted by molar-refractivity contribution is 6.38. The second kappa shape index (κ2) is 6.33. The summed E-state index contributed by atoms with van der Waals surface area (Å²) in [6.07, 6.45) is 0. The Morgan fingerprint density at radius 2 is 1.43 bits per heavy atom. The smallest absolute Gasteiger partial charge is 0.344 e. The molecule has 0 bridgehead atoms. The number of amides is 1. The van der Waals surface area contributed by atoms with Crippen molar-refractivity contribution >= 4 is 34.1 Å². The van der Waals surface area contributed by atoms with Gasteiger partial charge in [-0.05, 0) is 25.1 Å². The van der Waals surface area contributed by atoms with Gasteiger partial charge in [-0.15, -0.1) is 0 Å². The fraction of sp³-hybridized carbons (Fsp3) is 0.143. The number of para-hydroxylation sites is 2. The average Bonchev–Trinajstić information content (AvgIpc) is 3.43. The molecule has 3 aliphatic rings. The summed E-state index contributed by atoms with van der Waals surface area (Å²) in [5.74, 6) is -1.80. The Kier molecular flexibility index (Phi) is 3.60. The Hall–Kier alpha value is -4.52. The van der Waals surface area contributed by atoms with Gasteiger partial charge in [0, 0.05) is 28.9 Å². The maximum Gasteiger partial charge on any atom is 0.344 e. The van der Waals surface area contributed by atoms with E-state index in [0.717, 1.165) is 0 Å². The van der Waals surface area contributed by atoms with E-state index in [0.29, 0.717) is 16.6 Å². The topological polar surface area (TPSA) is 93.9 Å². The van der Waals surface area contributed by atoms with Crippen LogP contribution in [0.2, 0.25) is 0 Å². The standard InChI is InChI=1S/C28H17NO6/c1-2-29-19-13-7-6-12-18(19)27(26(29)33)21-22(17-11-5-8-14-20(17)34-25(21)32)35-28(27)23(30)15-9-3-4-10-16(15)24(28)31/h3-14H,2H2,1H3/t27-/m0/s1. The second-order valence-electron chi connectivity index (χ2n) is 8.89. The number of ether oxygens (including phenoxy) is 1. The summed E-state index contributed by atoms with van der Waals surface area (Å²) in [5.41, 5.74) is -3.76. The predicted octanol–water partition coefficient (Wildman–Crippen LogP) is 3.66. The number of anilines is 1. The third kappa shape index (κ3) is 1.96. The normalized spacial score (nSPS) is 21.1. The summed E-state index contributed by atoms with van der Waals surface area (Å²) in [4.78, 5) is 58.0. The Morgan fingerprint density at radius 3 is 2.14 bits per heavy atom. The number of carbonyl (C=O) groups is 3. The largest absolute Gasteiger partial charge is 0.467 e. The summed E-state index contributed by atoms with van der Waals surface area (Å²) in [6.45, 7) is 2.07. The quantitative estimate of drug-likeness (QED) is 0.316. The fourth-order valence-electron chi connectivity index (χ4n) is 6.10. The summed E-state index contributed by atoms with van der Waals surface area (Å²) < 4.78 is 12.1. The third-order valence-electron chi connectivity index (χ3n) is 7.46. The average molecular weight is 463 g/mol. The van der Waals surface area contributed by atoms with E-state index in [1.54, 1.807) is 79.7 Å². The summed E-state index contributed by atoms with van der Waals surface area (Å²) >= 11 is 0. The SMILES string of the molecule is CCN1C(=O)[C@]2(c3ccccc31)c1c(c3ccccc3oc1=O)OC21C(=O)c2ccccc2C1=O. The van der Waals surface area contributed by atoms with Gasteiger partial charge in [0.25, 0.3) is 5.60 Å². The molecule has 0 saturated heterocycles. The number of carbonyl (C=O) groups excluding carboxylic acids is 3. The zero-order chi connectivity index (χ0) is 24.1. The molecular weight excluding hydrogens is 446 g/mol. The number of ketones is 2. The van der Waals surface area contributed by atoms with Gasteiger partial charge in [0.05, 0.1) is 5.39 Å². The van der Waals surface area contributed by atoms with Crippen LogP contribution < -0.4 is 15.3 Å². The molecule has 1 aliphatic carbocycles. The molecule has 1 aromatic heterocycles. The first-order valence-electron chi connectivity index (χ1n) is 11.3. The van der Waals surface area contributed by atoms with Gasteiger partial charge in [-0.25, -0.2) is 4.79 Å². The van der Waals surface area contributed by atoms with Gasteiger partial charge in [-0.1, -0.05) is 54.6 Å². The Morgan fingerprint density at radius 1 is 0.800 bits per heavy atom. The molecule has 0 N–H and O–H groups in total. The van der Waals surface area contributed by atoms with E-state index in [4.69, 9.17) is 9.15 Å². The summed E-state index contributed by atoms with van der Waals surface area (Å²) in [6, 6.07) is 20.1. The van der Waals surface area contributed by atoms with Gasteiger partial charge in [-0.3, -0.25) is 14.4 Å². The number of Topliss-reactive ketones (excluding diaryl/α,β-unsaturated/α-hetero) is 2. The molecule has 0 saturated carbocycles. The van der Waals surface area contributed by atoms with E-state index in [2.05, 4.69) is 0 Å². The maximum absolute atomic E-state index is 14.4. The van der Waals surface area contributed by atoms with Crippen LogP contribution >= 0.6 is 0 Å². The molecule has 7 heteroatoms. The molecule has 3 aromatic carbocycles. The zero-order valence-electron chi connectivity index (χ0n) is 18.5. The Balaban J connectivity index is 1.71. The lowest BCUT2D eigenvalue weighted by atomic mass is 9.63. The molecule has 2 spiro atoms. The van der Waals surface area contributed by atoms with Crippen molar-refractivity contribution in [2.24, 2.45) is 0 Å². The molecule has 1 amide bonds. The molecule has 7 rings (SSSR count). The number of rotatable bonds is 1. The van der Waals surface area contributed by atoms with Crippen LogP contribution in [-0.2, 0) is 10.2 Å². The maximum atomic E-state index is 14.4. The number of hydrogen-bond acceptors (Lipinski definition) is 6. The van der Waals surface area contributed by atoms with E-state index in [-0.39, 0.29) is 34.6 Å². The number of hydrogen-bond donors (Lipinski definition) is 0. The van der Waals surface area contributed by atoms with Gasteiger partial charge in [0.15, 0.2) is 5.41 Å². The molecule has 35 heavy (non-hydrogen) atoms. The summed E-state index contributed by atoms with van der Waals surface area (Å²) in [7, 11) is 0. The molecule has 1 atom stereocenters. The first kappa shape index (κ1) is 19.9. The molecule has 170 valence electrons. The minimum Gasteiger partial charge on any atom is -0.467 e. The monoisotopic (exact) mass is 463 g/mol. The Labute approximate surface area is 198 Å². The van der Waals surface area contributed by atoms with Gasteiger partial charge < -0.3 is 14.1 Å².